The molecular weight excluding hydrogens is 364 g/mol. The molecule has 1 saturated heterocycles. The predicted molar refractivity (Wildman–Crippen MR) is 102 cm³/mol. The number of nitrogens with zero attached hydrogens (tertiary/aromatic N) is 4. The van der Waals surface area contributed by atoms with Crippen LogP contribution in [0.1, 0.15) is 37.6 Å². The van der Waals surface area contributed by atoms with Crippen molar-refractivity contribution in [2.45, 2.75) is 43.8 Å². The minimum atomic E-state index is 0.188. The Bertz CT molecular complexity index is 838. The van der Waals surface area contributed by atoms with Gasteiger partial charge in [-0.1, -0.05) is 17.8 Å². The summed E-state index contributed by atoms with van der Waals surface area (Å²) in [6.07, 6.45) is 4.06. The fraction of sp³-hybridized carbons (Fsp3) is 0.526. The molecule has 1 aromatic carbocycles. The second kappa shape index (κ2) is 7.80. The molecule has 144 valence electrons. The summed E-state index contributed by atoms with van der Waals surface area (Å²) in [6.45, 7) is 3.27. The minimum absolute atomic E-state index is 0.188. The summed E-state index contributed by atoms with van der Waals surface area (Å²) < 4.78 is 12.7. The number of piperidine rings is 1. The van der Waals surface area contributed by atoms with Gasteiger partial charge in [-0.3, -0.25) is 4.79 Å². The number of rotatable bonds is 5. The molecule has 8 heteroatoms. The number of ether oxygens (including phenoxy) is 2. The number of hydrogen-bond donors (Lipinski definition) is 0. The van der Waals surface area contributed by atoms with Crippen LogP contribution in [0.15, 0.2) is 23.4 Å². The molecule has 3 heterocycles. The van der Waals surface area contributed by atoms with Crippen LogP contribution in [-0.4, -0.2) is 50.7 Å². The van der Waals surface area contributed by atoms with Gasteiger partial charge in [0.2, 0.25) is 12.7 Å². The van der Waals surface area contributed by atoms with Crippen molar-refractivity contribution in [1.82, 2.24) is 19.7 Å². The Kier molecular flexibility index (Phi) is 5.24. The molecule has 0 N–H and O–H groups in total. The molecule has 0 saturated carbocycles. The Labute approximate surface area is 163 Å². The highest BCUT2D eigenvalue weighted by atomic mass is 32.2. The molecular formula is C19H24N4O3S. The van der Waals surface area contributed by atoms with E-state index in [0.717, 1.165) is 47.4 Å². The molecule has 1 fully saturated rings. The summed E-state index contributed by atoms with van der Waals surface area (Å²) in [6, 6.07) is 6.25. The fourth-order valence-corrected chi connectivity index (χ4v) is 4.35. The zero-order chi connectivity index (χ0) is 18.8. The lowest BCUT2D eigenvalue weighted by Crippen LogP contribution is -2.42. The second-order valence-electron chi connectivity index (χ2n) is 7.04. The van der Waals surface area contributed by atoms with Crippen LogP contribution in [0.5, 0.6) is 11.5 Å². The van der Waals surface area contributed by atoms with Gasteiger partial charge >= 0.3 is 0 Å². The van der Waals surface area contributed by atoms with Crippen LogP contribution in [-0.2, 0) is 18.3 Å². The third kappa shape index (κ3) is 3.90. The molecule has 1 atom stereocenters. The lowest BCUT2D eigenvalue weighted by molar-refractivity contribution is -0.131. The van der Waals surface area contributed by atoms with Gasteiger partial charge in [-0.2, -0.15) is 0 Å². The van der Waals surface area contributed by atoms with E-state index in [1.165, 1.54) is 18.2 Å². The smallest absolute Gasteiger partial charge is 0.233 e. The summed E-state index contributed by atoms with van der Waals surface area (Å²) in [7, 11) is 1.94. The normalized spacial score (nSPS) is 18.7. The van der Waals surface area contributed by atoms with Crippen LogP contribution in [0.25, 0.3) is 0 Å². The quantitative estimate of drug-likeness (QED) is 0.734. The van der Waals surface area contributed by atoms with Gasteiger partial charge in [0, 0.05) is 26.1 Å². The molecule has 1 aromatic heterocycles. The molecule has 0 bridgehead atoms. The maximum Gasteiger partial charge on any atom is 0.233 e. The van der Waals surface area contributed by atoms with Gasteiger partial charge in [-0.25, -0.2) is 0 Å². The van der Waals surface area contributed by atoms with Crippen LogP contribution < -0.4 is 9.47 Å². The maximum atomic E-state index is 12.5. The van der Waals surface area contributed by atoms with E-state index in [0.29, 0.717) is 18.2 Å². The average molecular weight is 388 g/mol. The van der Waals surface area contributed by atoms with E-state index in [9.17, 15) is 4.79 Å². The van der Waals surface area contributed by atoms with Crippen LogP contribution in [0.4, 0.5) is 0 Å². The first kappa shape index (κ1) is 18.2. The van der Waals surface area contributed by atoms with Crippen molar-refractivity contribution < 1.29 is 14.3 Å². The van der Waals surface area contributed by atoms with E-state index in [4.69, 9.17) is 9.47 Å². The predicted octanol–water partition coefficient (Wildman–Crippen LogP) is 2.63. The van der Waals surface area contributed by atoms with Crippen molar-refractivity contribution in [3.05, 3.63) is 29.6 Å². The molecule has 2 aliphatic heterocycles. The minimum Gasteiger partial charge on any atom is -0.454 e. The summed E-state index contributed by atoms with van der Waals surface area (Å²) in [4.78, 5) is 14.5. The number of benzene rings is 1. The van der Waals surface area contributed by atoms with E-state index < -0.39 is 0 Å². The SMILES string of the molecule is C[C@@H]1CCCCN1C(=O)CSc1nnc(Cc2ccc3c(c2)OCO3)n1C. The van der Waals surface area contributed by atoms with Gasteiger partial charge in [0.25, 0.3) is 0 Å². The first-order valence-corrected chi connectivity index (χ1v) is 10.3. The highest BCUT2D eigenvalue weighted by Crippen LogP contribution is 2.33. The van der Waals surface area contributed by atoms with Gasteiger partial charge in [0.1, 0.15) is 5.82 Å². The van der Waals surface area contributed by atoms with Crippen LogP contribution >= 0.6 is 11.8 Å². The average Bonchev–Trinajstić information content (AvgIpc) is 3.27. The molecule has 27 heavy (non-hydrogen) atoms. The number of fused-ring (bicyclic) bond motifs is 1. The monoisotopic (exact) mass is 388 g/mol. The molecule has 0 unspecified atom stereocenters. The third-order valence-electron chi connectivity index (χ3n) is 5.17. The molecule has 1 amide bonds. The fourth-order valence-electron chi connectivity index (χ4n) is 3.54. The first-order chi connectivity index (χ1) is 13.1. The topological polar surface area (TPSA) is 69.5 Å². The highest BCUT2D eigenvalue weighted by molar-refractivity contribution is 7.99. The molecule has 7 nitrogen and oxygen atoms in total. The van der Waals surface area contributed by atoms with Crippen LogP contribution in [0.3, 0.4) is 0 Å². The largest absolute Gasteiger partial charge is 0.454 e. The van der Waals surface area contributed by atoms with Crippen molar-refractivity contribution in [3.8, 4) is 11.5 Å². The van der Waals surface area contributed by atoms with Gasteiger partial charge in [-0.05, 0) is 43.9 Å². The summed E-state index contributed by atoms with van der Waals surface area (Å²) >= 11 is 1.46. The number of aromatic nitrogens is 3. The number of amides is 1. The molecule has 0 radical (unpaired) electrons. The third-order valence-corrected chi connectivity index (χ3v) is 6.18. The van der Waals surface area contributed by atoms with E-state index in [1.54, 1.807) is 0 Å². The number of carbonyl (C=O) groups excluding carboxylic acids is 1. The zero-order valence-corrected chi connectivity index (χ0v) is 16.5. The lowest BCUT2D eigenvalue weighted by atomic mass is 10.0. The Balaban J connectivity index is 1.38. The van der Waals surface area contributed by atoms with E-state index in [2.05, 4.69) is 17.1 Å². The summed E-state index contributed by atoms with van der Waals surface area (Å²) in [5, 5.41) is 9.34. The van der Waals surface area contributed by atoms with Gasteiger partial charge in [-0.15, -0.1) is 10.2 Å². The van der Waals surface area contributed by atoms with Crippen LogP contribution in [0, 0.1) is 0 Å². The maximum absolute atomic E-state index is 12.5. The Morgan fingerprint density at radius 3 is 2.96 bits per heavy atom. The number of thioether (sulfide) groups is 1. The number of likely N-dealkylation sites (tertiary alicyclic amines) is 1. The Morgan fingerprint density at radius 1 is 1.26 bits per heavy atom. The molecule has 2 aromatic rings. The van der Waals surface area contributed by atoms with Gasteiger partial charge in [0.05, 0.1) is 5.75 Å². The van der Waals surface area contributed by atoms with Crippen molar-refractivity contribution >= 4 is 17.7 Å². The highest BCUT2D eigenvalue weighted by Gasteiger charge is 2.23. The second-order valence-corrected chi connectivity index (χ2v) is 7.99. The molecule has 4 rings (SSSR count). The zero-order valence-electron chi connectivity index (χ0n) is 15.7. The molecule has 2 aliphatic rings. The van der Waals surface area contributed by atoms with E-state index >= 15 is 0 Å². The van der Waals surface area contributed by atoms with Crippen molar-refractivity contribution in [2.75, 3.05) is 19.1 Å². The van der Waals surface area contributed by atoms with E-state index in [-0.39, 0.29) is 12.7 Å². The van der Waals surface area contributed by atoms with Gasteiger partial charge < -0.3 is 18.9 Å². The van der Waals surface area contributed by atoms with Crippen molar-refractivity contribution in [3.63, 3.8) is 0 Å². The Morgan fingerprint density at radius 2 is 2.11 bits per heavy atom. The van der Waals surface area contributed by atoms with Crippen molar-refractivity contribution in [2.24, 2.45) is 7.05 Å². The summed E-state index contributed by atoms with van der Waals surface area (Å²) in [5.41, 5.74) is 1.09. The summed E-state index contributed by atoms with van der Waals surface area (Å²) in [5.74, 6) is 2.99. The Hall–Kier alpha value is -2.22. The number of carbonyl (C=O) groups is 1. The molecule has 0 aliphatic carbocycles. The van der Waals surface area contributed by atoms with Gasteiger partial charge in [0.15, 0.2) is 16.7 Å². The molecule has 0 spiro atoms. The van der Waals surface area contributed by atoms with E-state index in [1.807, 2.05) is 34.7 Å². The van der Waals surface area contributed by atoms with Crippen LogP contribution in [0.2, 0.25) is 0 Å². The number of hydrogen-bond acceptors (Lipinski definition) is 6. The standard InChI is InChI=1S/C19H24N4O3S/c1-13-5-3-4-8-23(13)18(24)11-27-19-21-20-17(22(19)2)10-14-6-7-15-16(9-14)26-12-25-15/h6-7,9,13H,3-5,8,10-12H2,1-2H3/t13-/m1/s1. The lowest BCUT2D eigenvalue weighted by Gasteiger charge is -2.33. The van der Waals surface area contributed by atoms with Crippen molar-refractivity contribution in [1.29, 1.82) is 0 Å². The first-order valence-electron chi connectivity index (χ1n) is 9.31.